The fraction of sp³-hybridized carbons (Fsp3) is 0.310. The van der Waals surface area contributed by atoms with Crippen LogP contribution in [-0.4, -0.2) is 51.1 Å². The second-order valence-electron chi connectivity index (χ2n) is 10.5. The molecule has 9 heteroatoms. The molecule has 196 valence electrons. The first-order valence-corrected chi connectivity index (χ1v) is 12.9. The van der Waals surface area contributed by atoms with Gasteiger partial charge >= 0.3 is 0 Å². The van der Waals surface area contributed by atoms with E-state index in [1.165, 1.54) is 18.5 Å². The van der Waals surface area contributed by atoms with Crippen LogP contribution in [0.4, 0.5) is 5.69 Å². The summed E-state index contributed by atoms with van der Waals surface area (Å²) in [5, 5.41) is 13.8. The number of aromatic nitrogens is 3. The van der Waals surface area contributed by atoms with Crippen LogP contribution >= 0.6 is 11.6 Å². The summed E-state index contributed by atoms with van der Waals surface area (Å²) in [6.07, 6.45) is 7.75. The van der Waals surface area contributed by atoms with E-state index in [1.807, 2.05) is 31.7 Å². The molecular weight excluding hydrogens is 498 g/mol. The van der Waals surface area contributed by atoms with Gasteiger partial charge in [0.15, 0.2) is 0 Å². The van der Waals surface area contributed by atoms with Crippen molar-refractivity contribution >= 4 is 35.6 Å². The lowest BCUT2D eigenvalue weighted by molar-refractivity contribution is -0.149. The topological polar surface area (TPSA) is 116 Å². The van der Waals surface area contributed by atoms with E-state index in [0.717, 1.165) is 65.4 Å². The van der Waals surface area contributed by atoms with Gasteiger partial charge in [0.1, 0.15) is 5.69 Å². The molecule has 2 aliphatic rings. The second kappa shape index (κ2) is 9.44. The monoisotopic (exact) mass is 529 g/mol. The molecule has 4 N–H and O–H groups in total. The van der Waals surface area contributed by atoms with Crippen LogP contribution in [0.1, 0.15) is 47.0 Å². The van der Waals surface area contributed by atoms with Crippen LogP contribution in [0.3, 0.4) is 0 Å². The first-order valence-electron chi connectivity index (χ1n) is 12.6. The standard InChI is InChI=1S/C29H32ClN7O/c1-6-24(38)36-14-29(15-36)10-19(11-29)37-18(5)25(26-20(12-31)21(32)8-17(4)27(26)30)28(35-37)22-9-16(3)23(34-22)13-33-7-2/h6-9,12-13,19,31,34H,1-2,10-11,14-15,32H2,3-5H3. The highest BCUT2D eigenvalue weighted by molar-refractivity contribution is 6.35. The van der Waals surface area contributed by atoms with Gasteiger partial charge in [0.2, 0.25) is 5.91 Å². The van der Waals surface area contributed by atoms with Crippen molar-refractivity contribution < 1.29 is 4.79 Å². The van der Waals surface area contributed by atoms with Crippen LogP contribution in [0.5, 0.6) is 0 Å². The van der Waals surface area contributed by atoms with Crippen molar-refractivity contribution in [3.8, 4) is 22.5 Å². The number of nitrogens with zero attached hydrogens (tertiary/aromatic N) is 4. The predicted molar refractivity (Wildman–Crippen MR) is 154 cm³/mol. The van der Waals surface area contributed by atoms with E-state index in [4.69, 9.17) is 27.8 Å². The van der Waals surface area contributed by atoms with Crippen molar-refractivity contribution in [2.75, 3.05) is 18.8 Å². The molecule has 0 bridgehead atoms. The van der Waals surface area contributed by atoms with Crippen molar-refractivity contribution in [3.05, 3.63) is 70.7 Å². The third kappa shape index (κ3) is 4.00. The number of amides is 1. The maximum Gasteiger partial charge on any atom is 0.245 e. The Balaban J connectivity index is 1.62. The first-order chi connectivity index (χ1) is 18.1. The van der Waals surface area contributed by atoms with Crippen LogP contribution in [0.25, 0.3) is 22.5 Å². The smallest absolute Gasteiger partial charge is 0.245 e. The third-order valence-electron chi connectivity index (χ3n) is 7.90. The Labute approximate surface area is 227 Å². The SMILES string of the molecule is C=CN=Cc1[nH]c(-c2nn(C3CC4(C3)CN(C(=O)C=C)C4)c(C)c2-c2c(Cl)c(C)cc(N)c2C=N)cc1C. The number of aryl methyl sites for hydroxylation is 2. The number of nitrogen functional groups attached to an aromatic ring is 1. The highest BCUT2D eigenvalue weighted by Crippen LogP contribution is 2.55. The maximum atomic E-state index is 12.0. The van der Waals surface area contributed by atoms with E-state index in [0.29, 0.717) is 21.8 Å². The van der Waals surface area contributed by atoms with Crippen LogP contribution in [0.2, 0.25) is 5.02 Å². The van der Waals surface area contributed by atoms with Gasteiger partial charge in [-0.2, -0.15) is 5.10 Å². The number of aromatic amines is 1. The molecular formula is C29H32ClN7O. The van der Waals surface area contributed by atoms with Gasteiger partial charge in [0.05, 0.1) is 28.7 Å². The Morgan fingerprint density at radius 2 is 1.95 bits per heavy atom. The molecule has 2 fully saturated rings. The van der Waals surface area contributed by atoms with Crippen LogP contribution in [-0.2, 0) is 4.79 Å². The number of rotatable bonds is 7. The van der Waals surface area contributed by atoms with E-state index < -0.39 is 0 Å². The molecule has 3 heterocycles. The lowest BCUT2D eigenvalue weighted by Gasteiger charge is -2.58. The van der Waals surface area contributed by atoms with Gasteiger partial charge in [-0.3, -0.25) is 14.5 Å². The van der Waals surface area contributed by atoms with E-state index in [-0.39, 0.29) is 17.4 Å². The second-order valence-corrected chi connectivity index (χ2v) is 10.9. The van der Waals surface area contributed by atoms with Gasteiger partial charge in [-0.05, 0) is 62.9 Å². The fourth-order valence-corrected chi connectivity index (χ4v) is 6.23. The van der Waals surface area contributed by atoms with E-state index in [1.54, 1.807) is 12.3 Å². The van der Waals surface area contributed by atoms with Gasteiger partial charge in [-0.15, -0.1) is 0 Å². The minimum absolute atomic E-state index is 0.0114. The zero-order chi connectivity index (χ0) is 27.4. The van der Waals surface area contributed by atoms with E-state index in [9.17, 15) is 4.79 Å². The van der Waals surface area contributed by atoms with Gasteiger partial charge in [0.25, 0.3) is 0 Å². The molecule has 1 saturated carbocycles. The molecule has 0 atom stereocenters. The number of carbonyl (C=O) groups is 1. The Hall–Kier alpha value is -3.91. The summed E-state index contributed by atoms with van der Waals surface area (Å²) >= 11 is 6.91. The zero-order valence-corrected chi connectivity index (χ0v) is 22.7. The summed E-state index contributed by atoms with van der Waals surface area (Å²) in [4.78, 5) is 21.4. The summed E-state index contributed by atoms with van der Waals surface area (Å²) in [7, 11) is 0. The summed E-state index contributed by atoms with van der Waals surface area (Å²) in [5.41, 5.74) is 14.4. The first kappa shape index (κ1) is 25.7. The average molecular weight is 530 g/mol. The molecule has 1 aliphatic carbocycles. The number of hydrogen-bond acceptors (Lipinski definition) is 5. The summed E-state index contributed by atoms with van der Waals surface area (Å²) in [5.74, 6) is -0.0114. The molecule has 5 rings (SSSR count). The Bertz CT molecular complexity index is 1510. The number of halogens is 1. The quantitative estimate of drug-likeness (QED) is 0.209. The van der Waals surface area contributed by atoms with E-state index >= 15 is 0 Å². The Morgan fingerprint density at radius 3 is 2.58 bits per heavy atom. The fourth-order valence-electron chi connectivity index (χ4n) is 5.98. The molecule has 1 spiro atoms. The lowest BCUT2D eigenvalue weighted by Crippen LogP contribution is -2.63. The minimum Gasteiger partial charge on any atom is -0.398 e. The van der Waals surface area contributed by atoms with Crippen molar-refractivity contribution in [1.29, 1.82) is 5.41 Å². The third-order valence-corrected chi connectivity index (χ3v) is 8.39. The number of H-pyrrole nitrogens is 1. The number of anilines is 1. The molecule has 38 heavy (non-hydrogen) atoms. The molecule has 2 aromatic heterocycles. The predicted octanol–water partition coefficient (Wildman–Crippen LogP) is 5.62. The van der Waals surface area contributed by atoms with Crippen molar-refractivity contribution in [1.82, 2.24) is 19.7 Å². The van der Waals surface area contributed by atoms with Gasteiger partial charge in [0, 0.05) is 59.0 Å². The number of hydrogen-bond donors (Lipinski definition) is 3. The molecule has 0 unspecified atom stereocenters. The molecule has 3 aromatic rings. The maximum absolute atomic E-state index is 12.0. The van der Waals surface area contributed by atoms with Crippen LogP contribution < -0.4 is 5.73 Å². The van der Waals surface area contributed by atoms with Gasteiger partial charge in [-0.25, -0.2) is 0 Å². The number of likely N-dealkylation sites (tertiary alicyclic amines) is 1. The summed E-state index contributed by atoms with van der Waals surface area (Å²) in [6, 6.07) is 4.05. The van der Waals surface area contributed by atoms with Crippen molar-refractivity contribution in [3.63, 3.8) is 0 Å². The minimum atomic E-state index is -0.0114. The summed E-state index contributed by atoms with van der Waals surface area (Å²) < 4.78 is 2.09. The van der Waals surface area contributed by atoms with Gasteiger partial charge < -0.3 is 21.0 Å². The van der Waals surface area contributed by atoms with Crippen molar-refractivity contribution in [2.45, 2.75) is 39.7 Å². The Morgan fingerprint density at radius 1 is 1.24 bits per heavy atom. The number of aliphatic imine (C=N–C) groups is 1. The number of nitrogens with two attached hydrogens (primary N) is 1. The van der Waals surface area contributed by atoms with Crippen LogP contribution in [0, 0.1) is 31.6 Å². The number of benzene rings is 1. The lowest BCUT2D eigenvalue weighted by atomic mass is 9.60. The molecule has 8 nitrogen and oxygen atoms in total. The van der Waals surface area contributed by atoms with E-state index in [2.05, 4.69) is 27.8 Å². The average Bonchev–Trinajstić information content (AvgIpc) is 3.37. The highest BCUT2D eigenvalue weighted by atomic mass is 35.5. The molecule has 1 amide bonds. The zero-order valence-electron chi connectivity index (χ0n) is 21.9. The Kier molecular flexibility index (Phi) is 6.39. The number of nitrogens with one attached hydrogen (secondary N) is 2. The van der Waals surface area contributed by atoms with Gasteiger partial charge in [-0.1, -0.05) is 24.8 Å². The van der Waals surface area contributed by atoms with Crippen LogP contribution in [0.15, 0.2) is 42.6 Å². The number of carbonyl (C=O) groups excluding carboxylic acids is 1. The van der Waals surface area contributed by atoms with Crippen molar-refractivity contribution in [2.24, 2.45) is 10.4 Å². The molecule has 1 aromatic carbocycles. The molecule has 1 saturated heterocycles. The highest BCUT2D eigenvalue weighted by Gasteiger charge is 2.54. The largest absolute Gasteiger partial charge is 0.398 e. The molecule has 0 radical (unpaired) electrons. The normalized spacial score (nSPS) is 16.5. The molecule has 1 aliphatic heterocycles. The summed E-state index contributed by atoms with van der Waals surface area (Å²) in [6.45, 7) is 14.8.